The smallest absolute Gasteiger partial charge is 0.316 e. The molecule has 0 bridgehead atoms. The van der Waals surface area contributed by atoms with Gasteiger partial charge in [-0.05, 0) is 18.8 Å². The lowest BCUT2D eigenvalue weighted by atomic mass is 9.67. The summed E-state index contributed by atoms with van der Waals surface area (Å²) in [5, 5.41) is 9.74. The van der Waals surface area contributed by atoms with Crippen molar-refractivity contribution in [3.05, 3.63) is 11.8 Å². The summed E-state index contributed by atoms with van der Waals surface area (Å²) in [6, 6.07) is 0. The Kier molecular flexibility index (Phi) is 2.99. The summed E-state index contributed by atoms with van der Waals surface area (Å²) < 4.78 is 4.67. The van der Waals surface area contributed by atoms with E-state index < -0.39 is 11.9 Å². The SMILES string of the molecule is COC(=O)[C@@H]1C(=O)C=C(O)[C@H]2CCCC[C@H]12. The first-order valence-corrected chi connectivity index (χ1v) is 5.67. The minimum Gasteiger partial charge on any atom is -0.512 e. The summed E-state index contributed by atoms with van der Waals surface area (Å²) in [6.07, 6.45) is 4.92. The lowest BCUT2D eigenvalue weighted by Crippen LogP contribution is -2.41. The highest BCUT2D eigenvalue weighted by molar-refractivity contribution is 6.06. The topological polar surface area (TPSA) is 63.6 Å². The number of esters is 1. The molecule has 0 unspecified atom stereocenters. The maximum atomic E-state index is 11.7. The highest BCUT2D eigenvalue weighted by atomic mass is 16.5. The largest absolute Gasteiger partial charge is 0.512 e. The quantitative estimate of drug-likeness (QED) is 0.543. The van der Waals surface area contributed by atoms with Gasteiger partial charge in [-0.15, -0.1) is 0 Å². The molecule has 0 radical (unpaired) electrons. The fourth-order valence-electron chi connectivity index (χ4n) is 2.90. The van der Waals surface area contributed by atoms with Crippen molar-refractivity contribution in [3.63, 3.8) is 0 Å². The Labute approximate surface area is 94.3 Å². The molecular formula is C12H16O4. The number of ketones is 1. The van der Waals surface area contributed by atoms with Crippen LogP contribution in [0.1, 0.15) is 25.7 Å². The Balaban J connectivity index is 2.31. The molecule has 1 fully saturated rings. The van der Waals surface area contributed by atoms with Crippen LogP contribution in [0, 0.1) is 17.8 Å². The van der Waals surface area contributed by atoms with Gasteiger partial charge in [0.05, 0.1) is 12.9 Å². The molecule has 0 aromatic carbocycles. The standard InChI is InChI=1S/C12H16O4/c1-16-12(15)11-8-5-3-2-4-7(8)9(13)6-10(11)14/h6-8,11,13H,2-5H2,1H3/t7-,8-,11-/m0/s1. The van der Waals surface area contributed by atoms with Gasteiger partial charge in [0.25, 0.3) is 0 Å². The number of carbonyl (C=O) groups is 2. The number of hydrogen-bond acceptors (Lipinski definition) is 4. The maximum Gasteiger partial charge on any atom is 0.316 e. The van der Waals surface area contributed by atoms with Gasteiger partial charge in [-0.3, -0.25) is 9.59 Å². The molecule has 0 spiro atoms. The summed E-state index contributed by atoms with van der Waals surface area (Å²) in [5.74, 6) is -1.44. The zero-order valence-corrected chi connectivity index (χ0v) is 9.31. The second kappa shape index (κ2) is 4.28. The Morgan fingerprint density at radius 2 is 2.12 bits per heavy atom. The highest BCUT2D eigenvalue weighted by Crippen LogP contribution is 2.42. The average Bonchev–Trinajstić information content (AvgIpc) is 2.28. The van der Waals surface area contributed by atoms with Crippen LogP contribution in [-0.4, -0.2) is 24.0 Å². The van der Waals surface area contributed by atoms with Crippen molar-refractivity contribution in [3.8, 4) is 0 Å². The number of carbonyl (C=O) groups excluding carboxylic acids is 2. The van der Waals surface area contributed by atoms with Crippen LogP contribution in [0.4, 0.5) is 0 Å². The molecule has 4 nitrogen and oxygen atoms in total. The molecule has 1 N–H and O–H groups in total. The van der Waals surface area contributed by atoms with Crippen molar-refractivity contribution < 1.29 is 19.4 Å². The third-order valence-electron chi connectivity index (χ3n) is 3.68. The summed E-state index contributed by atoms with van der Waals surface area (Å²) in [5.41, 5.74) is 0. The van der Waals surface area contributed by atoms with E-state index in [1.54, 1.807) is 0 Å². The van der Waals surface area contributed by atoms with Gasteiger partial charge in [0, 0.05) is 12.0 Å². The van der Waals surface area contributed by atoms with Gasteiger partial charge in [-0.25, -0.2) is 0 Å². The lowest BCUT2D eigenvalue weighted by Gasteiger charge is -2.37. The van der Waals surface area contributed by atoms with Crippen molar-refractivity contribution in [2.45, 2.75) is 25.7 Å². The first-order chi connectivity index (χ1) is 7.65. The van der Waals surface area contributed by atoms with Gasteiger partial charge in [-0.1, -0.05) is 12.8 Å². The number of aliphatic hydroxyl groups is 1. The molecule has 16 heavy (non-hydrogen) atoms. The van der Waals surface area contributed by atoms with Crippen LogP contribution in [0.3, 0.4) is 0 Å². The zero-order chi connectivity index (χ0) is 11.7. The molecule has 3 atom stereocenters. The first kappa shape index (κ1) is 11.2. The molecule has 2 aliphatic carbocycles. The minimum atomic E-state index is -0.703. The predicted octanol–water partition coefficient (Wildman–Crippen LogP) is 1.61. The van der Waals surface area contributed by atoms with E-state index in [-0.39, 0.29) is 23.4 Å². The van der Waals surface area contributed by atoms with Gasteiger partial charge in [0.1, 0.15) is 5.92 Å². The molecule has 2 rings (SSSR count). The van der Waals surface area contributed by atoms with Crippen LogP contribution in [0.2, 0.25) is 0 Å². The van der Waals surface area contributed by atoms with Gasteiger partial charge in [-0.2, -0.15) is 0 Å². The molecule has 0 saturated heterocycles. The second-order valence-electron chi connectivity index (χ2n) is 4.53. The molecule has 0 amide bonds. The summed E-state index contributed by atoms with van der Waals surface area (Å²) in [7, 11) is 1.30. The van der Waals surface area contributed by atoms with E-state index in [2.05, 4.69) is 4.74 Å². The molecule has 0 heterocycles. The van der Waals surface area contributed by atoms with Crippen LogP contribution < -0.4 is 0 Å². The molecule has 0 aliphatic heterocycles. The minimum absolute atomic E-state index is 0.0319. The van der Waals surface area contributed by atoms with E-state index in [1.807, 2.05) is 0 Å². The molecule has 4 heteroatoms. The normalized spacial score (nSPS) is 33.9. The predicted molar refractivity (Wildman–Crippen MR) is 56.7 cm³/mol. The van der Waals surface area contributed by atoms with Gasteiger partial charge in [0.15, 0.2) is 5.78 Å². The lowest BCUT2D eigenvalue weighted by molar-refractivity contribution is -0.152. The summed E-state index contributed by atoms with van der Waals surface area (Å²) in [4.78, 5) is 23.3. The number of hydrogen-bond donors (Lipinski definition) is 1. The average molecular weight is 224 g/mol. The van der Waals surface area contributed by atoms with E-state index in [0.717, 1.165) is 25.7 Å². The number of ether oxygens (including phenoxy) is 1. The molecule has 2 aliphatic rings. The van der Waals surface area contributed by atoms with Crippen molar-refractivity contribution in [2.24, 2.45) is 17.8 Å². The van der Waals surface area contributed by atoms with Gasteiger partial charge in [0.2, 0.25) is 0 Å². The first-order valence-electron chi connectivity index (χ1n) is 5.67. The molecule has 1 saturated carbocycles. The van der Waals surface area contributed by atoms with E-state index in [1.165, 1.54) is 13.2 Å². The van der Waals surface area contributed by atoms with Crippen LogP contribution in [0.25, 0.3) is 0 Å². The van der Waals surface area contributed by atoms with E-state index in [9.17, 15) is 14.7 Å². The van der Waals surface area contributed by atoms with Crippen molar-refractivity contribution in [2.75, 3.05) is 7.11 Å². The van der Waals surface area contributed by atoms with E-state index in [4.69, 9.17) is 0 Å². The number of fused-ring (bicyclic) bond motifs is 1. The number of aliphatic hydroxyl groups excluding tert-OH is 1. The number of methoxy groups -OCH3 is 1. The highest BCUT2D eigenvalue weighted by Gasteiger charge is 2.45. The van der Waals surface area contributed by atoms with Crippen LogP contribution in [-0.2, 0) is 14.3 Å². The van der Waals surface area contributed by atoms with Gasteiger partial charge >= 0.3 is 5.97 Å². The zero-order valence-electron chi connectivity index (χ0n) is 9.31. The molecular weight excluding hydrogens is 208 g/mol. The monoisotopic (exact) mass is 224 g/mol. The van der Waals surface area contributed by atoms with Crippen molar-refractivity contribution >= 4 is 11.8 Å². The Hall–Kier alpha value is -1.32. The number of rotatable bonds is 1. The summed E-state index contributed by atoms with van der Waals surface area (Å²) in [6.45, 7) is 0. The van der Waals surface area contributed by atoms with Gasteiger partial charge < -0.3 is 9.84 Å². The fourth-order valence-corrected chi connectivity index (χ4v) is 2.90. The second-order valence-corrected chi connectivity index (χ2v) is 4.53. The van der Waals surface area contributed by atoms with Crippen LogP contribution in [0.5, 0.6) is 0 Å². The Morgan fingerprint density at radius 3 is 2.81 bits per heavy atom. The fraction of sp³-hybridized carbons (Fsp3) is 0.667. The third-order valence-corrected chi connectivity index (χ3v) is 3.68. The Bertz CT molecular complexity index is 345. The van der Waals surface area contributed by atoms with E-state index >= 15 is 0 Å². The van der Waals surface area contributed by atoms with Crippen molar-refractivity contribution in [1.29, 1.82) is 0 Å². The van der Waals surface area contributed by atoms with Crippen LogP contribution in [0.15, 0.2) is 11.8 Å². The maximum absolute atomic E-state index is 11.7. The molecule has 88 valence electrons. The third kappa shape index (κ3) is 1.72. The van der Waals surface area contributed by atoms with Crippen LogP contribution >= 0.6 is 0 Å². The Morgan fingerprint density at radius 1 is 1.44 bits per heavy atom. The van der Waals surface area contributed by atoms with Crippen molar-refractivity contribution in [1.82, 2.24) is 0 Å². The number of allylic oxidation sites excluding steroid dienone is 2. The molecule has 0 aromatic heterocycles. The summed E-state index contributed by atoms with van der Waals surface area (Å²) >= 11 is 0. The van der Waals surface area contributed by atoms with E-state index in [0.29, 0.717) is 0 Å². The molecule has 0 aromatic rings.